The van der Waals surface area contributed by atoms with Crippen LogP contribution in [-0.4, -0.2) is 18.0 Å². The highest BCUT2D eigenvalue weighted by Crippen LogP contribution is 2.12. The molecule has 1 heterocycles. The summed E-state index contributed by atoms with van der Waals surface area (Å²) in [7, 11) is 1.62. The summed E-state index contributed by atoms with van der Waals surface area (Å²) in [4.78, 5) is 12.4. The summed E-state index contributed by atoms with van der Waals surface area (Å²) in [6, 6.07) is 1.77. The maximum Gasteiger partial charge on any atom is 0.325 e. The second kappa shape index (κ2) is 3.09. The largest absolute Gasteiger partial charge is 0.325 e. The zero-order valence-electron chi connectivity index (χ0n) is 6.96. The van der Waals surface area contributed by atoms with Crippen molar-refractivity contribution in [1.82, 2.24) is 10.2 Å². The van der Waals surface area contributed by atoms with Gasteiger partial charge in [0, 0.05) is 13.2 Å². The first-order valence-corrected chi connectivity index (χ1v) is 3.48. The molecule has 0 unspecified atom stereocenters. The first kappa shape index (κ1) is 8.34. The standard InChI is InChI=1S/C8H9N3O/c1-6(5-9)7-3-4-10-8(12)11(7)2/h3-4H,1-2H3,(H,10,12)/b7-6+. The number of nitrogens with one attached hydrogen (secondary N) is 1. The molecule has 1 N–H and O–H groups in total. The molecule has 1 aliphatic heterocycles. The number of carbonyl (C=O) groups excluding carboxylic acids is 1. The molecule has 1 rings (SSSR count). The highest BCUT2D eigenvalue weighted by Gasteiger charge is 2.15. The molecular formula is C8H9N3O. The Morgan fingerprint density at radius 1 is 1.75 bits per heavy atom. The van der Waals surface area contributed by atoms with Gasteiger partial charge in [0.25, 0.3) is 0 Å². The van der Waals surface area contributed by atoms with Crippen molar-refractivity contribution < 1.29 is 4.79 Å². The summed E-state index contributed by atoms with van der Waals surface area (Å²) in [5.41, 5.74) is 1.17. The number of hydrogen-bond acceptors (Lipinski definition) is 2. The van der Waals surface area contributed by atoms with E-state index in [0.717, 1.165) is 0 Å². The predicted octanol–water partition coefficient (Wildman–Crippen LogP) is 0.953. The third-order valence-corrected chi connectivity index (χ3v) is 1.67. The van der Waals surface area contributed by atoms with Crippen molar-refractivity contribution in [3.8, 4) is 6.07 Å². The van der Waals surface area contributed by atoms with E-state index in [2.05, 4.69) is 5.32 Å². The molecule has 12 heavy (non-hydrogen) atoms. The van der Waals surface area contributed by atoms with E-state index < -0.39 is 0 Å². The van der Waals surface area contributed by atoms with Crippen molar-refractivity contribution in [1.29, 1.82) is 5.26 Å². The fourth-order valence-corrected chi connectivity index (χ4v) is 0.944. The van der Waals surface area contributed by atoms with E-state index in [1.807, 2.05) is 6.07 Å². The lowest BCUT2D eigenvalue weighted by Gasteiger charge is -2.22. The topological polar surface area (TPSA) is 56.1 Å². The Bertz CT molecular complexity index is 309. The normalized spacial score (nSPS) is 20.1. The predicted molar refractivity (Wildman–Crippen MR) is 43.7 cm³/mol. The van der Waals surface area contributed by atoms with Crippen molar-refractivity contribution in [3.63, 3.8) is 0 Å². The molecule has 0 radical (unpaired) electrons. The lowest BCUT2D eigenvalue weighted by Crippen LogP contribution is -2.36. The van der Waals surface area contributed by atoms with Crippen LogP contribution in [0.3, 0.4) is 0 Å². The second-order valence-electron chi connectivity index (χ2n) is 2.46. The number of allylic oxidation sites excluding steroid dienone is 2. The molecule has 0 atom stereocenters. The first-order valence-electron chi connectivity index (χ1n) is 3.48. The molecule has 0 spiro atoms. The molecule has 0 aromatic rings. The zero-order chi connectivity index (χ0) is 9.14. The van der Waals surface area contributed by atoms with Gasteiger partial charge in [0.05, 0.1) is 17.3 Å². The van der Waals surface area contributed by atoms with Gasteiger partial charge in [-0.1, -0.05) is 0 Å². The second-order valence-corrected chi connectivity index (χ2v) is 2.46. The van der Waals surface area contributed by atoms with Crippen LogP contribution < -0.4 is 5.32 Å². The van der Waals surface area contributed by atoms with Gasteiger partial charge in [-0.2, -0.15) is 5.26 Å². The minimum absolute atomic E-state index is 0.220. The highest BCUT2D eigenvalue weighted by molar-refractivity contribution is 5.79. The van der Waals surface area contributed by atoms with Crippen molar-refractivity contribution in [3.05, 3.63) is 23.5 Å². The average molecular weight is 163 g/mol. The fraction of sp³-hybridized carbons (Fsp3) is 0.250. The van der Waals surface area contributed by atoms with Gasteiger partial charge in [0.2, 0.25) is 0 Å². The number of carbonyl (C=O) groups is 1. The maximum absolute atomic E-state index is 11.0. The van der Waals surface area contributed by atoms with E-state index in [4.69, 9.17) is 5.26 Å². The zero-order valence-corrected chi connectivity index (χ0v) is 6.96. The number of amides is 2. The molecule has 4 nitrogen and oxygen atoms in total. The van der Waals surface area contributed by atoms with Crippen LogP contribution >= 0.6 is 0 Å². The van der Waals surface area contributed by atoms with Gasteiger partial charge >= 0.3 is 6.03 Å². The number of rotatable bonds is 0. The van der Waals surface area contributed by atoms with Gasteiger partial charge in [-0.15, -0.1) is 0 Å². The molecule has 0 fully saturated rings. The highest BCUT2D eigenvalue weighted by atomic mass is 16.2. The van der Waals surface area contributed by atoms with Gasteiger partial charge in [-0.3, -0.25) is 4.90 Å². The Kier molecular flexibility index (Phi) is 2.15. The van der Waals surface area contributed by atoms with Crippen LogP contribution in [0.15, 0.2) is 23.5 Å². The number of urea groups is 1. The Hall–Kier alpha value is -1.76. The minimum atomic E-state index is -0.220. The molecule has 0 bridgehead atoms. The van der Waals surface area contributed by atoms with E-state index in [1.165, 1.54) is 11.1 Å². The third kappa shape index (κ3) is 1.30. The summed E-state index contributed by atoms with van der Waals surface area (Å²) in [5.74, 6) is 0. The van der Waals surface area contributed by atoms with Crippen LogP contribution in [0.4, 0.5) is 4.79 Å². The Labute approximate surface area is 70.8 Å². The monoisotopic (exact) mass is 163 g/mol. The summed E-state index contributed by atoms with van der Waals surface area (Å²) >= 11 is 0. The average Bonchev–Trinajstić information content (AvgIpc) is 2.08. The van der Waals surface area contributed by atoms with Crippen LogP contribution in [-0.2, 0) is 0 Å². The first-order chi connectivity index (χ1) is 5.66. The van der Waals surface area contributed by atoms with Crippen LogP contribution in [0.1, 0.15) is 6.92 Å². The molecule has 2 amide bonds. The molecule has 0 aliphatic carbocycles. The van der Waals surface area contributed by atoms with E-state index in [1.54, 1.807) is 20.0 Å². The summed E-state index contributed by atoms with van der Waals surface area (Å²) in [5, 5.41) is 11.1. The third-order valence-electron chi connectivity index (χ3n) is 1.67. The van der Waals surface area contributed by atoms with Gasteiger partial charge in [-0.25, -0.2) is 4.79 Å². The van der Waals surface area contributed by atoms with Crippen molar-refractivity contribution in [2.24, 2.45) is 0 Å². The summed E-state index contributed by atoms with van der Waals surface area (Å²) in [6.07, 6.45) is 3.22. The molecule has 0 aromatic carbocycles. The van der Waals surface area contributed by atoms with Gasteiger partial charge in [-0.05, 0) is 13.0 Å². The number of nitrogens with zero attached hydrogens (tertiary/aromatic N) is 2. The number of likely N-dealkylation sites (N-methyl/N-ethyl adjacent to an activating group) is 1. The van der Waals surface area contributed by atoms with E-state index in [-0.39, 0.29) is 6.03 Å². The lowest BCUT2D eigenvalue weighted by atomic mass is 10.2. The fourth-order valence-electron chi connectivity index (χ4n) is 0.944. The van der Waals surface area contributed by atoms with E-state index in [9.17, 15) is 4.79 Å². The Balaban J connectivity index is 3.08. The summed E-state index contributed by atoms with van der Waals surface area (Å²) < 4.78 is 0. The quantitative estimate of drug-likeness (QED) is 0.540. The molecule has 0 aromatic heterocycles. The van der Waals surface area contributed by atoms with Crippen molar-refractivity contribution in [2.45, 2.75) is 6.92 Å². The molecule has 0 saturated carbocycles. The summed E-state index contributed by atoms with van der Waals surface area (Å²) in [6.45, 7) is 1.68. The van der Waals surface area contributed by atoms with E-state index >= 15 is 0 Å². The smallest absolute Gasteiger partial charge is 0.314 e. The Morgan fingerprint density at radius 3 is 3.00 bits per heavy atom. The molecule has 0 saturated heterocycles. The minimum Gasteiger partial charge on any atom is -0.314 e. The molecule has 4 heteroatoms. The number of hydrogen-bond donors (Lipinski definition) is 1. The SMILES string of the molecule is C/C(C#N)=C1/C=CNC(=O)N1C. The molecule has 62 valence electrons. The lowest BCUT2D eigenvalue weighted by molar-refractivity contribution is 0.222. The van der Waals surface area contributed by atoms with Crippen molar-refractivity contribution >= 4 is 6.03 Å². The Morgan fingerprint density at radius 2 is 2.42 bits per heavy atom. The van der Waals surface area contributed by atoms with Crippen LogP contribution in [0, 0.1) is 11.3 Å². The van der Waals surface area contributed by atoms with Gasteiger partial charge in [0.15, 0.2) is 0 Å². The van der Waals surface area contributed by atoms with Gasteiger partial charge in [0.1, 0.15) is 0 Å². The van der Waals surface area contributed by atoms with Crippen LogP contribution in [0.5, 0.6) is 0 Å². The molecule has 1 aliphatic rings. The van der Waals surface area contributed by atoms with Crippen LogP contribution in [0.2, 0.25) is 0 Å². The molecular weight excluding hydrogens is 154 g/mol. The maximum atomic E-state index is 11.0. The van der Waals surface area contributed by atoms with Crippen LogP contribution in [0.25, 0.3) is 0 Å². The van der Waals surface area contributed by atoms with Crippen molar-refractivity contribution in [2.75, 3.05) is 7.05 Å². The number of nitriles is 1. The van der Waals surface area contributed by atoms with E-state index in [0.29, 0.717) is 11.3 Å². The van der Waals surface area contributed by atoms with Gasteiger partial charge < -0.3 is 5.32 Å².